The smallest absolute Gasteiger partial charge is 0.387 e. The van der Waals surface area contributed by atoms with E-state index in [0.717, 1.165) is 0 Å². The minimum atomic E-state index is -3.80. The molecule has 2 rings (SSSR count). The Hall–Kier alpha value is -3.05. The van der Waals surface area contributed by atoms with E-state index in [-0.39, 0.29) is 35.0 Å². The van der Waals surface area contributed by atoms with Crippen LogP contribution in [0.3, 0.4) is 0 Å². The summed E-state index contributed by atoms with van der Waals surface area (Å²) in [5, 5.41) is 2.32. The number of amides is 1. The number of halogens is 2. The molecule has 0 aliphatic heterocycles. The van der Waals surface area contributed by atoms with Gasteiger partial charge in [-0.25, -0.2) is 13.2 Å². The maximum Gasteiger partial charge on any atom is 0.387 e. The third-order valence-corrected chi connectivity index (χ3v) is 6.65. The molecule has 0 radical (unpaired) electrons. The fraction of sp³-hybridized carbons (Fsp3) is 0.333. The minimum absolute atomic E-state index is 0.0169. The number of hydrogen-bond donors (Lipinski definition) is 1. The number of sulfonamides is 1. The first-order chi connectivity index (χ1) is 15.1. The summed E-state index contributed by atoms with van der Waals surface area (Å²) in [5.74, 6) is -1.94. The first kappa shape index (κ1) is 25.2. The first-order valence-electron chi connectivity index (χ1n) is 9.71. The Bertz CT molecular complexity index is 1070. The van der Waals surface area contributed by atoms with E-state index < -0.39 is 35.1 Å². The summed E-state index contributed by atoms with van der Waals surface area (Å²) in [6, 6.07) is 9.63. The van der Waals surface area contributed by atoms with Crippen molar-refractivity contribution < 1.29 is 36.3 Å². The molecule has 0 aliphatic rings. The van der Waals surface area contributed by atoms with Crippen LogP contribution in [0.1, 0.15) is 29.8 Å². The summed E-state index contributed by atoms with van der Waals surface area (Å²) in [7, 11) is -3.80. The third kappa shape index (κ3) is 6.24. The molecule has 0 aromatic heterocycles. The molecule has 11 heteroatoms. The van der Waals surface area contributed by atoms with Crippen molar-refractivity contribution in [3.8, 4) is 5.75 Å². The van der Waals surface area contributed by atoms with E-state index in [1.54, 1.807) is 20.8 Å². The van der Waals surface area contributed by atoms with Crippen LogP contribution in [0, 0.1) is 6.92 Å². The number of para-hydroxylation sites is 2. The molecule has 2 aromatic rings. The zero-order valence-corrected chi connectivity index (χ0v) is 18.6. The van der Waals surface area contributed by atoms with E-state index in [0.29, 0.717) is 5.56 Å². The van der Waals surface area contributed by atoms with Crippen LogP contribution in [0.25, 0.3) is 0 Å². The summed E-state index contributed by atoms with van der Waals surface area (Å²) in [4.78, 5) is 24.4. The maximum atomic E-state index is 12.8. The van der Waals surface area contributed by atoms with Gasteiger partial charge in [-0.1, -0.05) is 32.0 Å². The number of esters is 1. The molecule has 2 aromatic carbocycles. The zero-order chi connectivity index (χ0) is 23.9. The highest BCUT2D eigenvalue weighted by Gasteiger charge is 2.25. The summed E-state index contributed by atoms with van der Waals surface area (Å²) in [6.07, 6.45) is 0. The molecule has 174 valence electrons. The molecule has 0 heterocycles. The molecular weight excluding hydrogens is 446 g/mol. The molecule has 0 fully saturated rings. The molecule has 0 saturated carbocycles. The predicted molar refractivity (Wildman–Crippen MR) is 113 cm³/mol. The van der Waals surface area contributed by atoms with Gasteiger partial charge in [-0.15, -0.1) is 0 Å². The molecule has 0 saturated heterocycles. The van der Waals surface area contributed by atoms with Crippen LogP contribution in [0.2, 0.25) is 0 Å². The number of ether oxygens (including phenoxy) is 2. The second-order valence-corrected chi connectivity index (χ2v) is 8.47. The van der Waals surface area contributed by atoms with Crippen LogP contribution in [-0.2, 0) is 19.6 Å². The molecule has 1 amide bonds. The lowest BCUT2D eigenvalue weighted by Crippen LogP contribution is -2.31. The number of aryl methyl sites for hydroxylation is 1. The van der Waals surface area contributed by atoms with Crippen molar-refractivity contribution in [2.24, 2.45) is 0 Å². The molecule has 0 aliphatic carbocycles. The third-order valence-electron chi connectivity index (χ3n) is 4.46. The van der Waals surface area contributed by atoms with Gasteiger partial charge in [-0.05, 0) is 36.8 Å². The topological polar surface area (TPSA) is 102 Å². The molecule has 32 heavy (non-hydrogen) atoms. The molecule has 8 nitrogen and oxygen atoms in total. The Morgan fingerprint density at radius 2 is 1.75 bits per heavy atom. The van der Waals surface area contributed by atoms with Crippen molar-refractivity contribution in [1.29, 1.82) is 0 Å². The molecule has 0 atom stereocenters. The van der Waals surface area contributed by atoms with Crippen LogP contribution in [-0.4, -0.2) is 50.9 Å². The Labute approximate surface area is 185 Å². The summed E-state index contributed by atoms with van der Waals surface area (Å²) in [6.45, 7) is 1.77. The standard InChI is InChI=1S/C21H24F2N2O6S/c1-4-25(5-2)32(28,29)18-12-15(11-10-14(18)3)20(27)30-13-19(26)24-16-8-6-7-9-17(16)31-21(22)23/h6-12,21H,4-5,13H2,1-3H3,(H,24,26). The van der Waals surface area contributed by atoms with Crippen molar-refractivity contribution in [3.63, 3.8) is 0 Å². The van der Waals surface area contributed by atoms with Gasteiger partial charge in [0, 0.05) is 13.1 Å². The van der Waals surface area contributed by atoms with Gasteiger partial charge < -0.3 is 14.8 Å². The lowest BCUT2D eigenvalue weighted by Gasteiger charge is -2.20. The minimum Gasteiger partial charge on any atom is -0.452 e. The number of nitrogens with one attached hydrogen (secondary N) is 1. The van der Waals surface area contributed by atoms with Gasteiger partial charge in [0.15, 0.2) is 6.61 Å². The second kappa shape index (κ2) is 11.0. The largest absolute Gasteiger partial charge is 0.452 e. The number of hydrogen-bond acceptors (Lipinski definition) is 6. The van der Waals surface area contributed by atoms with E-state index in [2.05, 4.69) is 10.1 Å². The molecule has 0 unspecified atom stereocenters. The van der Waals surface area contributed by atoms with E-state index >= 15 is 0 Å². The van der Waals surface area contributed by atoms with Gasteiger partial charge >= 0.3 is 12.6 Å². The Kier molecular flexibility index (Phi) is 8.67. The Balaban J connectivity index is 2.10. The first-order valence-corrected chi connectivity index (χ1v) is 11.2. The van der Waals surface area contributed by atoms with Crippen molar-refractivity contribution in [1.82, 2.24) is 4.31 Å². The SMILES string of the molecule is CCN(CC)S(=O)(=O)c1cc(C(=O)OCC(=O)Nc2ccccc2OC(F)F)ccc1C. The number of benzene rings is 2. The van der Waals surface area contributed by atoms with E-state index in [4.69, 9.17) is 4.74 Å². The number of rotatable bonds is 10. The summed E-state index contributed by atoms with van der Waals surface area (Å²) >= 11 is 0. The van der Waals surface area contributed by atoms with Crippen molar-refractivity contribution in [2.45, 2.75) is 32.3 Å². The average Bonchev–Trinajstić information content (AvgIpc) is 2.74. The fourth-order valence-corrected chi connectivity index (χ4v) is 4.59. The number of nitrogens with zero attached hydrogens (tertiary/aromatic N) is 1. The average molecular weight is 470 g/mol. The lowest BCUT2D eigenvalue weighted by atomic mass is 10.1. The van der Waals surface area contributed by atoms with Crippen molar-refractivity contribution in [3.05, 3.63) is 53.6 Å². The highest BCUT2D eigenvalue weighted by molar-refractivity contribution is 7.89. The van der Waals surface area contributed by atoms with Gasteiger partial charge in [0.25, 0.3) is 5.91 Å². The monoisotopic (exact) mass is 470 g/mol. The Morgan fingerprint density at radius 1 is 1.09 bits per heavy atom. The molecule has 0 spiro atoms. The van der Waals surface area contributed by atoms with Crippen LogP contribution in [0.15, 0.2) is 47.4 Å². The number of carbonyl (C=O) groups is 2. The van der Waals surface area contributed by atoms with Gasteiger partial charge in [0.1, 0.15) is 5.75 Å². The normalized spacial score (nSPS) is 11.5. The van der Waals surface area contributed by atoms with Crippen LogP contribution < -0.4 is 10.1 Å². The number of anilines is 1. The van der Waals surface area contributed by atoms with Crippen LogP contribution in [0.5, 0.6) is 5.75 Å². The molecule has 1 N–H and O–H groups in total. The fourth-order valence-electron chi connectivity index (χ4n) is 2.88. The number of carbonyl (C=O) groups excluding carboxylic acids is 2. The summed E-state index contributed by atoms with van der Waals surface area (Å²) < 4.78 is 61.1. The Morgan fingerprint density at radius 3 is 2.38 bits per heavy atom. The van der Waals surface area contributed by atoms with Gasteiger partial charge in [0.2, 0.25) is 10.0 Å². The summed E-state index contributed by atoms with van der Waals surface area (Å²) in [5.41, 5.74) is 0.397. The van der Waals surface area contributed by atoms with Crippen molar-refractivity contribution in [2.75, 3.05) is 25.0 Å². The zero-order valence-electron chi connectivity index (χ0n) is 17.8. The lowest BCUT2D eigenvalue weighted by molar-refractivity contribution is -0.119. The van der Waals surface area contributed by atoms with E-state index in [1.165, 1.54) is 46.8 Å². The molecule has 0 bridgehead atoms. The van der Waals surface area contributed by atoms with Crippen LogP contribution in [0.4, 0.5) is 14.5 Å². The highest BCUT2D eigenvalue weighted by Crippen LogP contribution is 2.25. The van der Waals surface area contributed by atoms with E-state index in [1.807, 2.05) is 0 Å². The van der Waals surface area contributed by atoms with Gasteiger partial charge in [-0.2, -0.15) is 13.1 Å². The quantitative estimate of drug-likeness (QED) is 0.534. The van der Waals surface area contributed by atoms with Gasteiger partial charge in [-0.3, -0.25) is 4.79 Å². The second-order valence-electron chi connectivity index (χ2n) is 6.57. The molecular formula is C21H24F2N2O6S. The van der Waals surface area contributed by atoms with Gasteiger partial charge in [0.05, 0.1) is 16.1 Å². The predicted octanol–water partition coefficient (Wildman–Crippen LogP) is 3.42. The van der Waals surface area contributed by atoms with Crippen LogP contribution >= 0.6 is 0 Å². The number of alkyl halides is 2. The van der Waals surface area contributed by atoms with Crippen molar-refractivity contribution >= 4 is 27.6 Å². The highest BCUT2D eigenvalue weighted by atomic mass is 32.2. The maximum absolute atomic E-state index is 12.8. The van der Waals surface area contributed by atoms with E-state index in [9.17, 15) is 26.8 Å².